The summed E-state index contributed by atoms with van der Waals surface area (Å²) in [5.74, 6) is -1.38. The van der Waals surface area contributed by atoms with E-state index in [4.69, 9.17) is 5.10 Å². The lowest BCUT2D eigenvalue weighted by molar-refractivity contribution is -0.384. The summed E-state index contributed by atoms with van der Waals surface area (Å²) in [7, 11) is 0. The first kappa shape index (κ1) is 33.1. The molecule has 1 saturated carbocycles. The van der Waals surface area contributed by atoms with Gasteiger partial charge in [-0.15, -0.1) is 5.10 Å². The van der Waals surface area contributed by atoms with Crippen molar-refractivity contribution in [3.63, 3.8) is 0 Å². The van der Waals surface area contributed by atoms with E-state index in [1.165, 1.54) is 23.0 Å². The van der Waals surface area contributed by atoms with Crippen molar-refractivity contribution in [1.82, 2.24) is 23.8 Å². The van der Waals surface area contributed by atoms with E-state index in [-0.39, 0.29) is 35.0 Å². The maximum atomic E-state index is 15.6. The lowest BCUT2D eigenvalue weighted by Crippen LogP contribution is -2.48. The number of benzene rings is 3. The first-order valence-electron chi connectivity index (χ1n) is 17.2. The highest BCUT2D eigenvalue weighted by molar-refractivity contribution is 5.93. The molecule has 3 aliphatic rings. The molecule has 15 nitrogen and oxygen atoms in total. The molecule has 2 aromatic heterocycles. The molecule has 3 aromatic carbocycles. The quantitative estimate of drug-likeness (QED) is 0.177. The minimum atomic E-state index is -1.33. The molecule has 52 heavy (non-hydrogen) atoms. The minimum Gasteiger partial charge on any atom is -0.477 e. The number of carboxylic acids is 1. The molecular weight excluding hydrogens is 673 g/mol. The Hall–Kier alpha value is -6.03. The van der Waals surface area contributed by atoms with E-state index in [1.54, 1.807) is 27.3 Å². The summed E-state index contributed by atoms with van der Waals surface area (Å²) < 4.78 is 20.5. The number of piperazine rings is 2. The normalized spacial score (nSPS) is 16.8. The monoisotopic (exact) mass is 709 g/mol. The van der Waals surface area contributed by atoms with E-state index in [9.17, 15) is 29.6 Å². The van der Waals surface area contributed by atoms with Crippen LogP contribution in [0.4, 0.5) is 27.4 Å². The molecule has 1 N–H and O–H groups in total. The van der Waals surface area contributed by atoms with Crippen molar-refractivity contribution in [2.75, 3.05) is 67.1 Å². The number of fused-ring (bicyclic) bond motifs is 1. The standard InChI is InChI=1S/C36H36FN9O6/c37-30-20-28-31(43(25-8-9-25)22-29(33(28)47)34(48)49)21-32(30)41-14-12-39(13-15-41)23-44-36(50)45(26-4-2-1-3-5-26)35(38-44)42-18-16-40(17-19-42)24-6-10-27(11-7-24)46(51)52/h1-7,10-11,20-22,25H,8-9,12-19,23H2,(H,48,49). The number of anilines is 3. The van der Waals surface area contributed by atoms with Crippen LogP contribution in [-0.4, -0.2) is 92.2 Å². The predicted octanol–water partition coefficient (Wildman–Crippen LogP) is 3.54. The van der Waals surface area contributed by atoms with Gasteiger partial charge in [-0.1, -0.05) is 18.2 Å². The molecule has 8 rings (SSSR count). The van der Waals surface area contributed by atoms with Gasteiger partial charge < -0.3 is 24.4 Å². The Morgan fingerprint density at radius 3 is 2.15 bits per heavy atom. The molecule has 1 aliphatic carbocycles. The van der Waals surface area contributed by atoms with E-state index in [0.29, 0.717) is 75.2 Å². The molecule has 3 fully saturated rings. The summed E-state index contributed by atoms with van der Waals surface area (Å²) in [6.07, 6.45) is 3.10. The molecule has 5 aromatic rings. The highest BCUT2D eigenvalue weighted by atomic mass is 19.1. The van der Waals surface area contributed by atoms with Crippen LogP contribution >= 0.6 is 0 Å². The summed E-state index contributed by atoms with van der Waals surface area (Å²) in [6.45, 7) is 4.67. The zero-order valence-electron chi connectivity index (χ0n) is 28.2. The topological polar surface area (TPSA) is 155 Å². The maximum absolute atomic E-state index is 15.6. The molecule has 2 aliphatic heterocycles. The fourth-order valence-corrected chi connectivity index (χ4v) is 7.17. The van der Waals surface area contributed by atoms with Gasteiger partial charge in [-0.25, -0.2) is 18.5 Å². The number of pyridine rings is 1. The maximum Gasteiger partial charge on any atom is 0.353 e. The zero-order chi connectivity index (χ0) is 36.1. The van der Waals surface area contributed by atoms with Gasteiger partial charge in [0.15, 0.2) is 0 Å². The average molecular weight is 710 g/mol. The van der Waals surface area contributed by atoms with Crippen molar-refractivity contribution < 1.29 is 19.2 Å². The number of nitro benzene ring substituents is 1. The van der Waals surface area contributed by atoms with E-state index in [0.717, 1.165) is 24.6 Å². The fourth-order valence-electron chi connectivity index (χ4n) is 7.17. The molecule has 2 saturated heterocycles. The first-order chi connectivity index (χ1) is 25.2. The third-order valence-electron chi connectivity index (χ3n) is 10.1. The number of carbonyl (C=O) groups is 1. The van der Waals surface area contributed by atoms with Crippen LogP contribution in [0.15, 0.2) is 82.5 Å². The van der Waals surface area contributed by atoms with Gasteiger partial charge >= 0.3 is 11.7 Å². The number of para-hydroxylation sites is 1. The van der Waals surface area contributed by atoms with Gasteiger partial charge in [0.25, 0.3) is 5.69 Å². The Morgan fingerprint density at radius 1 is 0.865 bits per heavy atom. The SMILES string of the molecule is O=C(O)c1cn(C2CC2)c2cc(N3CCN(Cn4nc(N5CCN(c6ccc([N+](=O)[O-])cc6)CC5)n(-c5ccccc5)c4=O)CC3)c(F)cc2c1=O. The third kappa shape index (κ3) is 6.14. The summed E-state index contributed by atoms with van der Waals surface area (Å²) >= 11 is 0. The van der Waals surface area contributed by atoms with Gasteiger partial charge in [-0.2, -0.15) is 4.68 Å². The molecule has 268 valence electrons. The van der Waals surface area contributed by atoms with E-state index < -0.39 is 22.1 Å². The van der Waals surface area contributed by atoms with Crippen molar-refractivity contribution in [1.29, 1.82) is 0 Å². The van der Waals surface area contributed by atoms with Crippen LogP contribution in [0, 0.1) is 15.9 Å². The highest BCUT2D eigenvalue weighted by Gasteiger charge is 2.30. The highest BCUT2D eigenvalue weighted by Crippen LogP contribution is 2.38. The number of hydrogen-bond acceptors (Lipinski definition) is 10. The molecule has 4 heterocycles. The number of aromatic nitrogens is 4. The summed E-state index contributed by atoms with van der Waals surface area (Å²) in [6, 6.07) is 18.8. The summed E-state index contributed by atoms with van der Waals surface area (Å²) in [4.78, 5) is 57.5. The van der Waals surface area contributed by atoms with Crippen LogP contribution in [0.5, 0.6) is 0 Å². The van der Waals surface area contributed by atoms with Crippen molar-refractivity contribution in [3.8, 4) is 5.69 Å². The second-order valence-electron chi connectivity index (χ2n) is 13.4. The van der Waals surface area contributed by atoms with Crippen LogP contribution in [0.1, 0.15) is 29.2 Å². The minimum absolute atomic E-state index is 0.0418. The van der Waals surface area contributed by atoms with Crippen molar-refractivity contribution in [2.24, 2.45) is 0 Å². The molecular formula is C36H36FN9O6. The van der Waals surface area contributed by atoms with Gasteiger partial charge in [0.05, 0.1) is 28.5 Å². The number of nitrogens with zero attached hydrogens (tertiary/aromatic N) is 9. The number of non-ortho nitro benzene ring substituents is 1. The first-order valence-corrected chi connectivity index (χ1v) is 17.2. The van der Waals surface area contributed by atoms with Crippen molar-refractivity contribution in [3.05, 3.63) is 115 Å². The number of hydrogen-bond donors (Lipinski definition) is 1. The molecule has 0 atom stereocenters. The smallest absolute Gasteiger partial charge is 0.353 e. The number of rotatable bonds is 9. The summed E-state index contributed by atoms with van der Waals surface area (Å²) in [5.41, 5.74) is 1.17. The van der Waals surface area contributed by atoms with Gasteiger partial charge in [-0.3, -0.25) is 19.8 Å². The van der Waals surface area contributed by atoms with Gasteiger partial charge in [0.1, 0.15) is 11.4 Å². The van der Waals surface area contributed by atoms with Gasteiger partial charge in [0.2, 0.25) is 11.4 Å². The Morgan fingerprint density at radius 2 is 1.52 bits per heavy atom. The predicted molar refractivity (Wildman–Crippen MR) is 193 cm³/mol. The van der Waals surface area contributed by atoms with Crippen LogP contribution in [-0.2, 0) is 6.67 Å². The second-order valence-corrected chi connectivity index (χ2v) is 13.4. The van der Waals surface area contributed by atoms with Gasteiger partial charge in [-0.05, 0) is 49.2 Å². The van der Waals surface area contributed by atoms with E-state index >= 15 is 4.39 Å². The Kier molecular flexibility index (Phi) is 8.45. The number of aromatic carboxylic acids is 1. The third-order valence-corrected chi connectivity index (χ3v) is 10.1. The summed E-state index contributed by atoms with van der Waals surface area (Å²) in [5, 5.41) is 25.5. The zero-order valence-corrected chi connectivity index (χ0v) is 28.2. The molecule has 0 unspecified atom stereocenters. The Labute approximate surface area is 296 Å². The van der Waals surface area contributed by atoms with Gasteiger partial charge in [0, 0.05) is 87.8 Å². The fraction of sp³-hybridized carbons (Fsp3) is 0.333. The average Bonchev–Trinajstić information content (AvgIpc) is 3.95. The Balaban J connectivity index is 0.996. The van der Waals surface area contributed by atoms with Crippen LogP contribution < -0.4 is 25.8 Å². The molecule has 0 bridgehead atoms. The van der Waals surface area contributed by atoms with E-state index in [1.807, 2.05) is 35.2 Å². The number of carboxylic acid groups (broad SMARTS) is 1. The van der Waals surface area contributed by atoms with Crippen LogP contribution in [0.25, 0.3) is 16.6 Å². The molecule has 0 radical (unpaired) electrons. The van der Waals surface area contributed by atoms with Crippen molar-refractivity contribution in [2.45, 2.75) is 25.6 Å². The van der Waals surface area contributed by atoms with Crippen LogP contribution in [0.3, 0.4) is 0 Å². The number of nitro groups is 1. The van der Waals surface area contributed by atoms with Crippen LogP contribution in [0.2, 0.25) is 0 Å². The molecule has 16 heteroatoms. The Bertz CT molecular complexity index is 2290. The lowest BCUT2D eigenvalue weighted by Gasteiger charge is -2.36. The molecule has 0 amide bonds. The largest absolute Gasteiger partial charge is 0.477 e. The second kappa shape index (κ2) is 13.3. The molecule has 0 spiro atoms. The number of halogens is 1. The van der Waals surface area contributed by atoms with Crippen molar-refractivity contribution >= 4 is 39.9 Å². The van der Waals surface area contributed by atoms with E-state index in [2.05, 4.69) is 14.7 Å². The lowest BCUT2D eigenvalue weighted by atomic mass is 10.1.